The van der Waals surface area contributed by atoms with Crippen molar-refractivity contribution in [2.75, 3.05) is 19.7 Å². The standard InChI is InChI=1S/C24H35N3O2/c1-19-22(20(2)26(3)25-19)12-13-23(29)27-16-8-15-24(17-27,18-28)14-7-11-21-9-5-4-6-10-21/h4-6,9-10,28H,7-8,11-18H2,1-3H3. The summed E-state index contributed by atoms with van der Waals surface area (Å²) in [5.74, 6) is 0.202. The predicted molar refractivity (Wildman–Crippen MR) is 116 cm³/mol. The quantitative estimate of drug-likeness (QED) is 0.740. The van der Waals surface area contributed by atoms with Crippen LogP contribution in [0, 0.1) is 19.3 Å². The first-order valence-electron chi connectivity index (χ1n) is 10.9. The Labute approximate surface area is 174 Å². The summed E-state index contributed by atoms with van der Waals surface area (Å²) in [5.41, 5.74) is 4.53. The van der Waals surface area contributed by atoms with Gasteiger partial charge in [-0.2, -0.15) is 5.10 Å². The fraction of sp³-hybridized carbons (Fsp3) is 0.583. The molecule has 1 saturated heterocycles. The van der Waals surface area contributed by atoms with Crippen LogP contribution in [0.1, 0.15) is 54.6 Å². The van der Waals surface area contributed by atoms with Crippen molar-refractivity contribution in [1.29, 1.82) is 0 Å². The molecule has 1 amide bonds. The molecule has 0 aliphatic carbocycles. The molecule has 1 unspecified atom stereocenters. The Hall–Kier alpha value is -2.14. The van der Waals surface area contributed by atoms with Gasteiger partial charge in [0, 0.05) is 37.7 Å². The lowest BCUT2D eigenvalue weighted by atomic mass is 9.76. The molecule has 0 radical (unpaired) electrons. The van der Waals surface area contributed by atoms with E-state index in [9.17, 15) is 9.90 Å². The van der Waals surface area contributed by atoms with Gasteiger partial charge in [-0.05, 0) is 63.5 Å². The number of aliphatic hydroxyl groups is 1. The van der Waals surface area contributed by atoms with Crippen LogP contribution >= 0.6 is 0 Å². The Morgan fingerprint density at radius 2 is 1.97 bits per heavy atom. The summed E-state index contributed by atoms with van der Waals surface area (Å²) in [4.78, 5) is 14.9. The highest BCUT2D eigenvalue weighted by molar-refractivity contribution is 5.76. The number of aliphatic hydroxyl groups excluding tert-OH is 1. The SMILES string of the molecule is Cc1nn(C)c(C)c1CCC(=O)N1CCCC(CO)(CCCc2ccccc2)C1. The van der Waals surface area contributed by atoms with Crippen LogP contribution in [0.3, 0.4) is 0 Å². The zero-order valence-corrected chi connectivity index (χ0v) is 18.2. The molecule has 5 heteroatoms. The van der Waals surface area contributed by atoms with Crippen molar-refractivity contribution in [3.8, 4) is 0 Å². The van der Waals surface area contributed by atoms with Crippen molar-refractivity contribution in [3.05, 3.63) is 52.8 Å². The molecule has 1 aromatic heterocycles. The first-order valence-corrected chi connectivity index (χ1v) is 10.9. The van der Waals surface area contributed by atoms with Crippen LogP contribution in [-0.2, 0) is 24.7 Å². The molecule has 0 saturated carbocycles. The van der Waals surface area contributed by atoms with Crippen molar-refractivity contribution in [2.45, 2.75) is 58.8 Å². The molecule has 29 heavy (non-hydrogen) atoms. The molecular weight excluding hydrogens is 362 g/mol. The van der Waals surface area contributed by atoms with Gasteiger partial charge in [-0.25, -0.2) is 0 Å². The summed E-state index contributed by atoms with van der Waals surface area (Å²) < 4.78 is 1.89. The summed E-state index contributed by atoms with van der Waals surface area (Å²) in [6.07, 6.45) is 6.26. The molecule has 158 valence electrons. The monoisotopic (exact) mass is 397 g/mol. The molecule has 2 aromatic rings. The van der Waals surface area contributed by atoms with Crippen molar-refractivity contribution in [3.63, 3.8) is 0 Å². The molecule has 1 N–H and O–H groups in total. The Morgan fingerprint density at radius 3 is 2.62 bits per heavy atom. The molecule has 1 aliphatic heterocycles. The van der Waals surface area contributed by atoms with Gasteiger partial charge in [-0.3, -0.25) is 9.48 Å². The lowest BCUT2D eigenvalue weighted by molar-refractivity contribution is -0.135. The van der Waals surface area contributed by atoms with E-state index >= 15 is 0 Å². The number of carbonyl (C=O) groups excluding carboxylic acids is 1. The number of carbonyl (C=O) groups is 1. The van der Waals surface area contributed by atoms with E-state index in [-0.39, 0.29) is 17.9 Å². The van der Waals surface area contributed by atoms with E-state index in [0.717, 1.165) is 56.5 Å². The maximum atomic E-state index is 12.9. The molecule has 1 aromatic carbocycles. The molecule has 1 atom stereocenters. The summed E-state index contributed by atoms with van der Waals surface area (Å²) in [6.45, 7) is 5.72. The maximum absolute atomic E-state index is 12.9. The van der Waals surface area contributed by atoms with E-state index in [1.807, 2.05) is 29.6 Å². The fourth-order valence-electron chi connectivity index (χ4n) is 4.71. The minimum Gasteiger partial charge on any atom is -0.396 e. The third-order valence-electron chi connectivity index (χ3n) is 6.61. The van der Waals surface area contributed by atoms with Crippen LogP contribution in [0.5, 0.6) is 0 Å². The molecular formula is C24H35N3O2. The number of aryl methyl sites for hydroxylation is 3. The van der Waals surface area contributed by atoms with E-state index in [0.29, 0.717) is 13.0 Å². The summed E-state index contributed by atoms with van der Waals surface area (Å²) in [5, 5.41) is 14.6. The Bertz CT molecular complexity index is 815. The zero-order valence-electron chi connectivity index (χ0n) is 18.2. The van der Waals surface area contributed by atoms with E-state index in [1.165, 1.54) is 11.1 Å². The van der Waals surface area contributed by atoms with Gasteiger partial charge in [0.05, 0.1) is 12.3 Å². The predicted octanol–water partition coefficient (Wildman–Crippen LogP) is 3.59. The zero-order chi connectivity index (χ0) is 20.9. The van der Waals surface area contributed by atoms with Crippen molar-refractivity contribution in [2.24, 2.45) is 12.5 Å². The molecule has 1 aliphatic rings. The summed E-state index contributed by atoms with van der Waals surface area (Å²) in [7, 11) is 1.95. The number of rotatable bonds is 8. The van der Waals surface area contributed by atoms with Gasteiger partial charge in [-0.1, -0.05) is 30.3 Å². The van der Waals surface area contributed by atoms with Crippen molar-refractivity contribution in [1.82, 2.24) is 14.7 Å². The highest BCUT2D eigenvalue weighted by Crippen LogP contribution is 2.35. The average Bonchev–Trinajstić information content (AvgIpc) is 2.98. The number of piperidine rings is 1. The minimum absolute atomic E-state index is 0.150. The van der Waals surface area contributed by atoms with Crippen LogP contribution in [0.4, 0.5) is 0 Å². The fourth-order valence-corrected chi connectivity index (χ4v) is 4.71. The number of hydrogen-bond donors (Lipinski definition) is 1. The van der Waals surface area contributed by atoms with Crippen LogP contribution < -0.4 is 0 Å². The molecule has 0 bridgehead atoms. The largest absolute Gasteiger partial charge is 0.396 e. The van der Waals surface area contributed by atoms with Crippen LogP contribution in [0.15, 0.2) is 30.3 Å². The number of benzene rings is 1. The van der Waals surface area contributed by atoms with Gasteiger partial charge in [-0.15, -0.1) is 0 Å². The van der Waals surface area contributed by atoms with E-state index in [4.69, 9.17) is 0 Å². The Morgan fingerprint density at radius 1 is 1.21 bits per heavy atom. The second-order valence-corrected chi connectivity index (χ2v) is 8.69. The maximum Gasteiger partial charge on any atom is 0.222 e. The Kier molecular flexibility index (Phi) is 7.12. The Balaban J connectivity index is 1.55. The van der Waals surface area contributed by atoms with Crippen LogP contribution in [-0.4, -0.2) is 45.4 Å². The number of likely N-dealkylation sites (tertiary alicyclic amines) is 1. The normalized spacial score (nSPS) is 19.5. The van der Waals surface area contributed by atoms with Gasteiger partial charge >= 0.3 is 0 Å². The third kappa shape index (κ3) is 5.27. The highest BCUT2D eigenvalue weighted by atomic mass is 16.3. The second-order valence-electron chi connectivity index (χ2n) is 8.69. The van der Waals surface area contributed by atoms with Crippen LogP contribution in [0.2, 0.25) is 0 Å². The van der Waals surface area contributed by atoms with Gasteiger partial charge in [0.1, 0.15) is 0 Å². The van der Waals surface area contributed by atoms with E-state index in [1.54, 1.807) is 0 Å². The number of aromatic nitrogens is 2. The first-order chi connectivity index (χ1) is 13.9. The van der Waals surface area contributed by atoms with Crippen molar-refractivity contribution < 1.29 is 9.90 Å². The van der Waals surface area contributed by atoms with Crippen molar-refractivity contribution >= 4 is 5.91 Å². The van der Waals surface area contributed by atoms with Gasteiger partial charge in [0.25, 0.3) is 0 Å². The minimum atomic E-state index is -0.150. The van der Waals surface area contributed by atoms with Crippen LogP contribution in [0.25, 0.3) is 0 Å². The number of amides is 1. The smallest absolute Gasteiger partial charge is 0.222 e. The first kappa shape index (κ1) is 21.6. The van der Waals surface area contributed by atoms with Gasteiger partial charge in [0.15, 0.2) is 0 Å². The summed E-state index contributed by atoms with van der Waals surface area (Å²) >= 11 is 0. The topological polar surface area (TPSA) is 58.4 Å². The highest BCUT2D eigenvalue weighted by Gasteiger charge is 2.36. The number of nitrogens with zero attached hydrogens (tertiary/aromatic N) is 3. The van der Waals surface area contributed by atoms with Gasteiger partial charge < -0.3 is 10.0 Å². The molecule has 3 rings (SSSR count). The molecule has 5 nitrogen and oxygen atoms in total. The molecule has 0 spiro atoms. The molecule has 1 fully saturated rings. The van der Waals surface area contributed by atoms with Gasteiger partial charge in [0.2, 0.25) is 5.91 Å². The average molecular weight is 398 g/mol. The van der Waals surface area contributed by atoms with E-state index < -0.39 is 0 Å². The van der Waals surface area contributed by atoms with E-state index in [2.05, 4.69) is 36.3 Å². The lowest BCUT2D eigenvalue weighted by Crippen LogP contribution is -2.48. The summed E-state index contributed by atoms with van der Waals surface area (Å²) in [6, 6.07) is 10.5. The molecule has 2 heterocycles. The second kappa shape index (κ2) is 9.57. The third-order valence-corrected chi connectivity index (χ3v) is 6.61. The number of hydrogen-bond acceptors (Lipinski definition) is 3. The lowest BCUT2D eigenvalue weighted by Gasteiger charge is -2.42.